The second kappa shape index (κ2) is 7.79. The van der Waals surface area contributed by atoms with E-state index in [9.17, 15) is 9.65 Å². The number of halogens is 3. The highest BCUT2D eigenvalue weighted by molar-refractivity contribution is 7.99. The zero-order valence-corrected chi connectivity index (χ0v) is 15.1. The lowest BCUT2D eigenvalue weighted by Gasteiger charge is -2.12. The highest BCUT2D eigenvalue weighted by atomic mass is 35.5. The molecule has 25 heavy (non-hydrogen) atoms. The van der Waals surface area contributed by atoms with Gasteiger partial charge in [-0.3, -0.25) is 0 Å². The number of para-hydroxylation sites is 1. The molecule has 0 bridgehead atoms. The minimum absolute atomic E-state index is 0.279. The molecular weight excluding hydrogens is 378 g/mol. The van der Waals surface area contributed by atoms with E-state index in [1.807, 2.05) is 6.07 Å². The first-order valence-electron chi connectivity index (χ1n) is 7.25. The summed E-state index contributed by atoms with van der Waals surface area (Å²) in [4.78, 5) is 1.76. The van der Waals surface area contributed by atoms with Crippen molar-refractivity contribution in [1.82, 2.24) is 0 Å². The van der Waals surface area contributed by atoms with Crippen LogP contribution in [0.1, 0.15) is 5.56 Å². The summed E-state index contributed by atoms with van der Waals surface area (Å²) in [7, 11) is 0. The van der Waals surface area contributed by atoms with Gasteiger partial charge >= 0.3 is 0 Å². The van der Waals surface area contributed by atoms with Crippen molar-refractivity contribution in [2.45, 2.75) is 9.79 Å². The molecule has 0 aliphatic carbocycles. The van der Waals surface area contributed by atoms with Crippen LogP contribution < -0.4 is 5.32 Å². The molecule has 0 amide bonds. The van der Waals surface area contributed by atoms with Gasteiger partial charge in [-0.25, -0.2) is 4.39 Å². The summed E-state index contributed by atoms with van der Waals surface area (Å²) in [5, 5.41) is 13.5. The number of hydrogen-bond donors (Lipinski definition) is 1. The first-order valence-corrected chi connectivity index (χ1v) is 8.82. The van der Waals surface area contributed by atoms with Gasteiger partial charge in [0.2, 0.25) is 0 Å². The predicted molar refractivity (Wildman–Crippen MR) is 101 cm³/mol. The standard InChI is InChI=1S/C19H11Cl2FN2S/c20-16-2-1-3-17(21)19(16)24-18-9-8-15(10-12(18)11-23)25-14-6-4-13(22)5-7-14/h1-10,24H. The first kappa shape index (κ1) is 17.6. The Labute approximate surface area is 159 Å². The predicted octanol–water partition coefficient (Wildman–Crippen LogP) is 6.90. The first-order chi connectivity index (χ1) is 12.1. The number of nitrogens with one attached hydrogen (secondary N) is 1. The Morgan fingerprint density at radius 1 is 0.920 bits per heavy atom. The summed E-state index contributed by atoms with van der Waals surface area (Å²) in [6.07, 6.45) is 0. The Morgan fingerprint density at radius 3 is 2.20 bits per heavy atom. The Bertz CT molecular complexity index is 932. The molecule has 0 aliphatic rings. The van der Waals surface area contributed by atoms with Crippen LogP contribution in [0.5, 0.6) is 0 Å². The van der Waals surface area contributed by atoms with Gasteiger partial charge in [-0.2, -0.15) is 5.26 Å². The highest BCUT2D eigenvalue weighted by Gasteiger charge is 2.10. The molecule has 124 valence electrons. The average Bonchev–Trinajstić information content (AvgIpc) is 2.61. The molecule has 6 heteroatoms. The Morgan fingerprint density at radius 2 is 1.56 bits per heavy atom. The maximum atomic E-state index is 13.0. The molecule has 0 radical (unpaired) electrons. The van der Waals surface area contributed by atoms with Crippen molar-refractivity contribution >= 4 is 46.3 Å². The third-order valence-electron chi connectivity index (χ3n) is 3.38. The molecule has 0 saturated heterocycles. The van der Waals surface area contributed by atoms with E-state index >= 15 is 0 Å². The van der Waals surface area contributed by atoms with Crippen LogP contribution in [0.25, 0.3) is 0 Å². The minimum Gasteiger partial charge on any atom is -0.352 e. The molecule has 2 nitrogen and oxygen atoms in total. The topological polar surface area (TPSA) is 35.8 Å². The fraction of sp³-hybridized carbons (Fsp3) is 0. The van der Waals surface area contributed by atoms with Gasteiger partial charge in [0.1, 0.15) is 11.9 Å². The maximum Gasteiger partial charge on any atom is 0.123 e. The van der Waals surface area contributed by atoms with E-state index in [0.717, 1.165) is 9.79 Å². The van der Waals surface area contributed by atoms with Gasteiger partial charge in [0.15, 0.2) is 0 Å². The van der Waals surface area contributed by atoms with Crippen LogP contribution in [-0.4, -0.2) is 0 Å². The highest BCUT2D eigenvalue weighted by Crippen LogP contribution is 2.35. The number of hydrogen-bond acceptors (Lipinski definition) is 3. The van der Waals surface area contributed by atoms with Crippen LogP contribution in [-0.2, 0) is 0 Å². The second-order valence-corrected chi connectivity index (χ2v) is 7.06. The zero-order chi connectivity index (χ0) is 17.8. The average molecular weight is 389 g/mol. The molecule has 0 atom stereocenters. The summed E-state index contributed by atoms with van der Waals surface area (Å²) < 4.78 is 13.0. The lowest BCUT2D eigenvalue weighted by atomic mass is 10.2. The quantitative estimate of drug-likeness (QED) is 0.527. The van der Waals surface area contributed by atoms with Gasteiger partial charge in [-0.1, -0.05) is 41.0 Å². The van der Waals surface area contributed by atoms with E-state index in [4.69, 9.17) is 23.2 Å². The molecule has 3 aromatic carbocycles. The van der Waals surface area contributed by atoms with Crippen LogP contribution in [0.15, 0.2) is 70.5 Å². The van der Waals surface area contributed by atoms with Crippen LogP contribution in [0.3, 0.4) is 0 Å². The third kappa shape index (κ3) is 4.26. The molecule has 0 aromatic heterocycles. The number of nitriles is 1. The summed E-state index contributed by atoms with van der Waals surface area (Å²) in [6.45, 7) is 0. The molecule has 0 spiro atoms. The van der Waals surface area contributed by atoms with Gasteiger partial charge in [0.05, 0.1) is 27.0 Å². The van der Waals surface area contributed by atoms with E-state index in [2.05, 4.69) is 11.4 Å². The van der Waals surface area contributed by atoms with E-state index in [1.54, 1.807) is 42.5 Å². The normalized spacial score (nSPS) is 10.3. The SMILES string of the molecule is N#Cc1cc(Sc2ccc(F)cc2)ccc1Nc1c(Cl)cccc1Cl. The zero-order valence-electron chi connectivity index (χ0n) is 12.8. The number of anilines is 2. The number of rotatable bonds is 4. The van der Waals surface area contributed by atoms with Gasteiger partial charge in [-0.15, -0.1) is 0 Å². The molecule has 1 N–H and O–H groups in total. The van der Waals surface area contributed by atoms with Gasteiger partial charge in [-0.05, 0) is 54.6 Å². The molecule has 0 aliphatic heterocycles. The van der Waals surface area contributed by atoms with Crippen molar-refractivity contribution in [3.05, 3.63) is 82.1 Å². The Kier molecular flexibility index (Phi) is 5.50. The van der Waals surface area contributed by atoms with Crippen molar-refractivity contribution in [2.24, 2.45) is 0 Å². The summed E-state index contributed by atoms with van der Waals surface area (Å²) >= 11 is 13.8. The molecule has 3 aromatic rings. The molecule has 0 saturated carbocycles. The molecule has 3 rings (SSSR count). The smallest absolute Gasteiger partial charge is 0.123 e. The maximum absolute atomic E-state index is 13.0. The van der Waals surface area contributed by atoms with Crippen molar-refractivity contribution < 1.29 is 4.39 Å². The molecule has 0 unspecified atom stereocenters. The minimum atomic E-state index is -0.279. The van der Waals surface area contributed by atoms with Crippen LogP contribution in [0.4, 0.5) is 15.8 Å². The van der Waals surface area contributed by atoms with Gasteiger partial charge in [0, 0.05) is 9.79 Å². The molecular formula is C19H11Cl2FN2S. The van der Waals surface area contributed by atoms with E-state index in [1.165, 1.54) is 23.9 Å². The lowest BCUT2D eigenvalue weighted by molar-refractivity contribution is 0.626. The van der Waals surface area contributed by atoms with Crippen LogP contribution in [0.2, 0.25) is 10.0 Å². The summed E-state index contributed by atoms with van der Waals surface area (Å²) in [5.74, 6) is -0.279. The summed E-state index contributed by atoms with van der Waals surface area (Å²) in [6, 6.07) is 19.0. The van der Waals surface area contributed by atoms with Crippen LogP contribution in [0, 0.1) is 17.1 Å². The van der Waals surface area contributed by atoms with Gasteiger partial charge < -0.3 is 5.32 Å². The second-order valence-electron chi connectivity index (χ2n) is 5.10. The van der Waals surface area contributed by atoms with Gasteiger partial charge in [0.25, 0.3) is 0 Å². The van der Waals surface area contributed by atoms with Crippen LogP contribution >= 0.6 is 35.0 Å². The van der Waals surface area contributed by atoms with E-state index in [0.29, 0.717) is 27.0 Å². The van der Waals surface area contributed by atoms with Crippen molar-refractivity contribution in [1.29, 1.82) is 5.26 Å². The third-order valence-corrected chi connectivity index (χ3v) is 5.01. The molecule has 0 fully saturated rings. The monoisotopic (exact) mass is 388 g/mol. The Hall–Kier alpha value is -2.19. The molecule has 0 heterocycles. The van der Waals surface area contributed by atoms with Crippen molar-refractivity contribution in [3.63, 3.8) is 0 Å². The lowest BCUT2D eigenvalue weighted by Crippen LogP contribution is -1.95. The summed E-state index contributed by atoms with van der Waals surface area (Å²) in [5.41, 5.74) is 1.63. The van der Waals surface area contributed by atoms with E-state index < -0.39 is 0 Å². The van der Waals surface area contributed by atoms with Crippen molar-refractivity contribution in [3.8, 4) is 6.07 Å². The Balaban J connectivity index is 1.87. The number of nitrogens with zero attached hydrogens (tertiary/aromatic N) is 1. The largest absolute Gasteiger partial charge is 0.352 e. The fourth-order valence-electron chi connectivity index (χ4n) is 2.18. The number of benzene rings is 3. The van der Waals surface area contributed by atoms with Crippen molar-refractivity contribution in [2.75, 3.05) is 5.32 Å². The fourth-order valence-corrected chi connectivity index (χ4v) is 3.53. The van der Waals surface area contributed by atoms with E-state index in [-0.39, 0.29) is 5.82 Å².